The van der Waals surface area contributed by atoms with Gasteiger partial charge in [-0.2, -0.15) is 15.2 Å². The van der Waals surface area contributed by atoms with Crippen molar-refractivity contribution in [3.63, 3.8) is 0 Å². The van der Waals surface area contributed by atoms with Crippen molar-refractivity contribution in [1.82, 2.24) is 9.78 Å². The van der Waals surface area contributed by atoms with Gasteiger partial charge in [-0.25, -0.2) is 0 Å². The Kier molecular flexibility index (Phi) is 2.98. The molecule has 0 spiro atoms. The standard InChI is InChI=1S/C14H14N4O2/c1-17-9-10(8-15-17)11-7-14(19)18(16-11)12-5-3-4-6-13(12)20-2/h3-6,8-9H,7H2,1-2H3. The van der Waals surface area contributed by atoms with E-state index in [9.17, 15) is 4.79 Å². The summed E-state index contributed by atoms with van der Waals surface area (Å²) in [6.07, 6.45) is 3.82. The van der Waals surface area contributed by atoms with Crippen LogP contribution in [-0.2, 0) is 11.8 Å². The Balaban J connectivity index is 1.98. The van der Waals surface area contributed by atoms with Crippen LogP contribution >= 0.6 is 0 Å². The highest BCUT2D eigenvalue weighted by Crippen LogP contribution is 2.31. The van der Waals surface area contributed by atoms with E-state index in [2.05, 4.69) is 10.2 Å². The molecule has 0 fully saturated rings. The first-order chi connectivity index (χ1) is 9.69. The molecule has 1 aromatic carbocycles. The number of anilines is 1. The average Bonchev–Trinajstić information content (AvgIpc) is 3.05. The monoisotopic (exact) mass is 270 g/mol. The van der Waals surface area contributed by atoms with Crippen LogP contribution in [0.25, 0.3) is 0 Å². The van der Waals surface area contributed by atoms with Crippen molar-refractivity contribution in [2.45, 2.75) is 6.42 Å². The summed E-state index contributed by atoms with van der Waals surface area (Å²) in [5.41, 5.74) is 2.23. The molecule has 2 aromatic rings. The van der Waals surface area contributed by atoms with E-state index in [1.807, 2.05) is 31.4 Å². The lowest BCUT2D eigenvalue weighted by Crippen LogP contribution is -2.20. The van der Waals surface area contributed by atoms with Crippen molar-refractivity contribution < 1.29 is 9.53 Å². The van der Waals surface area contributed by atoms with Gasteiger partial charge in [-0.1, -0.05) is 12.1 Å². The van der Waals surface area contributed by atoms with E-state index in [4.69, 9.17) is 4.74 Å². The second-order valence-electron chi connectivity index (χ2n) is 4.50. The number of hydrogen-bond donors (Lipinski definition) is 0. The van der Waals surface area contributed by atoms with Crippen molar-refractivity contribution in [1.29, 1.82) is 0 Å². The average molecular weight is 270 g/mol. The Morgan fingerprint density at radius 3 is 2.80 bits per heavy atom. The summed E-state index contributed by atoms with van der Waals surface area (Å²) in [6.45, 7) is 0. The number of rotatable bonds is 3. The van der Waals surface area contributed by atoms with E-state index < -0.39 is 0 Å². The fourth-order valence-electron chi connectivity index (χ4n) is 2.15. The minimum Gasteiger partial charge on any atom is -0.494 e. The number of carbonyl (C=O) groups is 1. The largest absolute Gasteiger partial charge is 0.494 e. The third-order valence-electron chi connectivity index (χ3n) is 3.13. The zero-order chi connectivity index (χ0) is 14.1. The zero-order valence-electron chi connectivity index (χ0n) is 11.3. The molecule has 1 aliphatic rings. The lowest BCUT2D eigenvalue weighted by molar-refractivity contribution is -0.116. The molecule has 0 unspecified atom stereocenters. The van der Waals surface area contributed by atoms with Crippen LogP contribution in [-0.4, -0.2) is 28.5 Å². The minimum atomic E-state index is -0.0756. The molecule has 1 aromatic heterocycles. The van der Waals surface area contributed by atoms with E-state index in [0.717, 1.165) is 5.56 Å². The molecule has 0 N–H and O–H groups in total. The van der Waals surface area contributed by atoms with Gasteiger partial charge in [-0.15, -0.1) is 0 Å². The van der Waals surface area contributed by atoms with Gasteiger partial charge in [0.05, 0.1) is 25.4 Å². The van der Waals surface area contributed by atoms with E-state index in [1.165, 1.54) is 5.01 Å². The first kappa shape index (κ1) is 12.4. The summed E-state index contributed by atoms with van der Waals surface area (Å²) < 4.78 is 6.96. The van der Waals surface area contributed by atoms with Crippen molar-refractivity contribution >= 4 is 17.3 Å². The first-order valence-corrected chi connectivity index (χ1v) is 6.21. The van der Waals surface area contributed by atoms with Crippen LogP contribution in [0, 0.1) is 0 Å². The number of carbonyl (C=O) groups excluding carboxylic acids is 1. The fourth-order valence-corrected chi connectivity index (χ4v) is 2.15. The first-order valence-electron chi connectivity index (χ1n) is 6.21. The Morgan fingerprint density at radius 1 is 1.30 bits per heavy atom. The van der Waals surface area contributed by atoms with Crippen LogP contribution < -0.4 is 9.75 Å². The number of ether oxygens (including phenoxy) is 1. The number of hydrogen-bond acceptors (Lipinski definition) is 4. The van der Waals surface area contributed by atoms with Gasteiger partial charge in [0, 0.05) is 18.8 Å². The Morgan fingerprint density at radius 2 is 2.10 bits per heavy atom. The molecule has 1 amide bonds. The van der Waals surface area contributed by atoms with Gasteiger partial charge in [0.2, 0.25) is 0 Å². The van der Waals surface area contributed by atoms with Crippen molar-refractivity contribution in [2.75, 3.05) is 12.1 Å². The molecule has 20 heavy (non-hydrogen) atoms. The Labute approximate surface area is 116 Å². The van der Waals surface area contributed by atoms with Gasteiger partial charge in [0.25, 0.3) is 5.91 Å². The predicted octanol–water partition coefficient (Wildman–Crippen LogP) is 1.57. The number of nitrogens with zero attached hydrogens (tertiary/aromatic N) is 4. The van der Waals surface area contributed by atoms with Crippen LogP contribution in [0.1, 0.15) is 12.0 Å². The smallest absolute Gasteiger partial charge is 0.253 e. The molecule has 2 heterocycles. The van der Waals surface area contributed by atoms with E-state index in [-0.39, 0.29) is 12.3 Å². The van der Waals surface area contributed by atoms with Crippen LogP contribution in [0.3, 0.4) is 0 Å². The van der Waals surface area contributed by atoms with Crippen LogP contribution in [0.15, 0.2) is 41.8 Å². The normalized spacial score (nSPS) is 14.6. The second kappa shape index (κ2) is 4.80. The number of benzene rings is 1. The Bertz CT molecular complexity index is 690. The Hall–Kier alpha value is -2.63. The minimum absolute atomic E-state index is 0.0756. The van der Waals surface area contributed by atoms with E-state index in [1.54, 1.807) is 24.1 Å². The van der Waals surface area contributed by atoms with E-state index in [0.29, 0.717) is 17.1 Å². The molecule has 0 saturated heterocycles. The molecule has 3 rings (SSSR count). The predicted molar refractivity (Wildman–Crippen MR) is 74.8 cm³/mol. The summed E-state index contributed by atoms with van der Waals surface area (Å²) in [7, 11) is 3.41. The van der Waals surface area contributed by atoms with Gasteiger partial charge in [0.1, 0.15) is 11.4 Å². The maximum absolute atomic E-state index is 12.2. The number of para-hydroxylation sites is 2. The lowest BCUT2D eigenvalue weighted by Gasteiger charge is -2.14. The third-order valence-corrected chi connectivity index (χ3v) is 3.13. The molecular weight excluding hydrogens is 256 g/mol. The number of hydrazone groups is 1. The molecule has 6 nitrogen and oxygen atoms in total. The fraction of sp³-hybridized carbons (Fsp3) is 0.214. The van der Waals surface area contributed by atoms with Gasteiger partial charge in [-0.3, -0.25) is 9.48 Å². The summed E-state index contributed by atoms with van der Waals surface area (Å²) in [6, 6.07) is 7.32. The number of amides is 1. The number of aromatic nitrogens is 2. The number of aryl methyl sites for hydroxylation is 1. The van der Waals surface area contributed by atoms with Gasteiger partial charge < -0.3 is 4.74 Å². The summed E-state index contributed by atoms with van der Waals surface area (Å²) in [5, 5.41) is 9.89. The van der Waals surface area contributed by atoms with Crippen LogP contribution in [0.4, 0.5) is 5.69 Å². The topological polar surface area (TPSA) is 59.7 Å². The van der Waals surface area contributed by atoms with Gasteiger partial charge in [-0.05, 0) is 12.1 Å². The maximum Gasteiger partial charge on any atom is 0.253 e. The lowest BCUT2D eigenvalue weighted by atomic mass is 10.1. The highest BCUT2D eigenvalue weighted by Gasteiger charge is 2.28. The van der Waals surface area contributed by atoms with Crippen LogP contribution in [0.5, 0.6) is 5.75 Å². The third kappa shape index (κ3) is 2.05. The zero-order valence-corrected chi connectivity index (χ0v) is 11.3. The van der Waals surface area contributed by atoms with Crippen molar-refractivity contribution in [3.05, 3.63) is 42.2 Å². The molecule has 0 saturated carbocycles. The molecule has 0 radical (unpaired) electrons. The molecule has 0 bridgehead atoms. The summed E-state index contributed by atoms with van der Waals surface area (Å²) in [5.74, 6) is 0.547. The molecule has 6 heteroatoms. The molecule has 102 valence electrons. The number of methoxy groups -OCH3 is 1. The summed E-state index contributed by atoms with van der Waals surface area (Å²) >= 11 is 0. The van der Waals surface area contributed by atoms with Crippen LogP contribution in [0.2, 0.25) is 0 Å². The molecule has 0 aliphatic carbocycles. The second-order valence-corrected chi connectivity index (χ2v) is 4.50. The molecular formula is C14H14N4O2. The summed E-state index contributed by atoms with van der Waals surface area (Å²) in [4.78, 5) is 12.2. The van der Waals surface area contributed by atoms with Crippen molar-refractivity contribution in [2.24, 2.45) is 12.1 Å². The highest BCUT2D eigenvalue weighted by atomic mass is 16.5. The molecule has 0 atom stereocenters. The maximum atomic E-state index is 12.2. The van der Waals surface area contributed by atoms with Crippen molar-refractivity contribution in [3.8, 4) is 5.75 Å². The van der Waals surface area contributed by atoms with Gasteiger partial charge in [0.15, 0.2) is 0 Å². The van der Waals surface area contributed by atoms with Gasteiger partial charge >= 0.3 is 0 Å². The van der Waals surface area contributed by atoms with E-state index >= 15 is 0 Å². The quantitative estimate of drug-likeness (QED) is 0.850. The molecule has 1 aliphatic heterocycles. The SMILES string of the molecule is COc1ccccc1N1N=C(c2cnn(C)c2)CC1=O. The highest BCUT2D eigenvalue weighted by molar-refractivity contribution is 6.19.